The maximum Gasteiger partial charge on any atom is 0.338 e. The predicted octanol–water partition coefficient (Wildman–Crippen LogP) is 5.56. The number of esters is 1. The molecule has 0 spiro atoms. The molecule has 1 saturated heterocycles. The van der Waals surface area contributed by atoms with Crippen molar-refractivity contribution in [2.24, 2.45) is 0 Å². The van der Waals surface area contributed by atoms with E-state index in [1.807, 2.05) is 65.7 Å². The number of anilines is 2. The molecule has 41 heavy (non-hydrogen) atoms. The summed E-state index contributed by atoms with van der Waals surface area (Å²) in [7, 11) is 0. The fraction of sp³-hybridized carbons (Fsp3) is 0.333. The van der Waals surface area contributed by atoms with Gasteiger partial charge in [-0.2, -0.15) is 0 Å². The monoisotopic (exact) mass is 552 g/mol. The Morgan fingerprint density at radius 2 is 1.85 bits per heavy atom. The molecule has 212 valence electrons. The highest BCUT2D eigenvalue weighted by molar-refractivity contribution is 6.10. The van der Waals surface area contributed by atoms with Crippen LogP contribution < -0.4 is 10.2 Å². The first-order valence-corrected chi connectivity index (χ1v) is 14.4. The number of morpholine rings is 1. The van der Waals surface area contributed by atoms with Gasteiger partial charge in [-0.05, 0) is 78.7 Å². The van der Waals surface area contributed by atoms with Crippen LogP contribution in [-0.4, -0.2) is 73.8 Å². The van der Waals surface area contributed by atoms with Crippen LogP contribution in [0.25, 0.3) is 22.0 Å². The van der Waals surface area contributed by atoms with Gasteiger partial charge in [0.15, 0.2) is 0 Å². The summed E-state index contributed by atoms with van der Waals surface area (Å²) in [5.74, 6) is -0.556. The van der Waals surface area contributed by atoms with E-state index in [0.29, 0.717) is 24.3 Å². The molecule has 8 heteroatoms. The highest BCUT2D eigenvalue weighted by atomic mass is 16.5. The molecule has 0 unspecified atom stereocenters. The Hall–Kier alpha value is -4.14. The largest absolute Gasteiger partial charge is 0.462 e. The summed E-state index contributed by atoms with van der Waals surface area (Å²) in [6.07, 6.45) is 3.45. The number of carbonyl (C=O) groups is 2. The molecule has 3 heterocycles. The first-order chi connectivity index (χ1) is 20.1. The lowest BCUT2D eigenvalue weighted by atomic mass is 9.96. The number of carbonyl (C=O) groups excluding carboxylic acids is 2. The van der Waals surface area contributed by atoms with Crippen molar-refractivity contribution in [3.05, 3.63) is 84.1 Å². The maximum absolute atomic E-state index is 13.9. The van der Waals surface area contributed by atoms with Crippen LogP contribution >= 0.6 is 0 Å². The molecule has 0 radical (unpaired) electrons. The number of hydrogen-bond donors (Lipinski definition) is 2. The van der Waals surface area contributed by atoms with Crippen molar-refractivity contribution < 1.29 is 19.1 Å². The topological polar surface area (TPSA) is 86.9 Å². The molecular formula is C33H36N4O4. The first-order valence-electron chi connectivity index (χ1n) is 14.4. The number of fused-ring (bicyclic) bond motifs is 2. The quantitative estimate of drug-likeness (QED) is 0.231. The summed E-state index contributed by atoms with van der Waals surface area (Å²) < 4.78 is 11.2. The summed E-state index contributed by atoms with van der Waals surface area (Å²) in [5.41, 5.74) is 5.30. The van der Waals surface area contributed by atoms with Gasteiger partial charge in [0.05, 0.1) is 36.8 Å². The van der Waals surface area contributed by atoms with Crippen molar-refractivity contribution >= 4 is 34.2 Å². The summed E-state index contributed by atoms with van der Waals surface area (Å²) >= 11 is 0. The number of rotatable bonds is 7. The minimum atomic E-state index is -0.419. The Kier molecular flexibility index (Phi) is 8.02. The minimum absolute atomic E-state index is 0.137. The lowest BCUT2D eigenvalue weighted by Gasteiger charge is -2.26. The first kappa shape index (κ1) is 27.1. The van der Waals surface area contributed by atoms with E-state index in [2.05, 4.69) is 28.2 Å². The molecule has 2 aliphatic heterocycles. The third kappa shape index (κ3) is 5.99. The van der Waals surface area contributed by atoms with Crippen LogP contribution in [0.15, 0.2) is 72.9 Å². The molecule has 0 bridgehead atoms. The summed E-state index contributed by atoms with van der Waals surface area (Å²) in [5, 5.41) is 4.55. The molecule has 1 atom stereocenters. The summed E-state index contributed by atoms with van der Waals surface area (Å²) in [6, 6.07) is 21.5. The molecular weight excluding hydrogens is 516 g/mol. The van der Waals surface area contributed by atoms with Gasteiger partial charge in [0, 0.05) is 49.5 Å². The van der Waals surface area contributed by atoms with E-state index in [9.17, 15) is 9.59 Å². The van der Waals surface area contributed by atoms with Gasteiger partial charge in [0.25, 0.3) is 5.91 Å². The van der Waals surface area contributed by atoms with Crippen LogP contribution in [0.2, 0.25) is 0 Å². The van der Waals surface area contributed by atoms with Crippen molar-refractivity contribution in [3.8, 4) is 11.1 Å². The van der Waals surface area contributed by atoms with Gasteiger partial charge in [-0.1, -0.05) is 24.3 Å². The zero-order valence-corrected chi connectivity index (χ0v) is 23.4. The Balaban J connectivity index is 1.28. The fourth-order valence-corrected chi connectivity index (χ4v) is 5.65. The van der Waals surface area contributed by atoms with Crippen LogP contribution in [-0.2, 0) is 9.47 Å². The van der Waals surface area contributed by atoms with Crippen LogP contribution in [0.1, 0.15) is 40.5 Å². The third-order valence-electron chi connectivity index (χ3n) is 7.93. The third-order valence-corrected chi connectivity index (χ3v) is 7.93. The van der Waals surface area contributed by atoms with E-state index in [1.165, 1.54) is 0 Å². The highest BCUT2D eigenvalue weighted by Gasteiger charge is 2.26. The van der Waals surface area contributed by atoms with Crippen molar-refractivity contribution in [3.63, 3.8) is 0 Å². The van der Waals surface area contributed by atoms with Crippen molar-refractivity contribution in [2.75, 3.05) is 56.2 Å². The predicted molar refractivity (Wildman–Crippen MR) is 162 cm³/mol. The van der Waals surface area contributed by atoms with E-state index in [4.69, 9.17) is 9.47 Å². The molecule has 3 aromatic carbocycles. The molecule has 1 amide bonds. The van der Waals surface area contributed by atoms with Gasteiger partial charge in [-0.3, -0.25) is 9.69 Å². The Bertz CT molecular complexity index is 1540. The van der Waals surface area contributed by atoms with Crippen LogP contribution in [0.3, 0.4) is 0 Å². The van der Waals surface area contributed by atoms with Crippen LogP contribution in [0.5, 0.6) is 0 Å². The molecule has 0 aliphatic carbocycles. The van der Waals surface area contributed by atoms with Gasteiger partial charge < -0.3 is 24.7 Å². The number of aromatic amines is 1. The van der Waals surface area contributed by atoms with Crippen LogP contribution in [0, 0.1) is 0 Å². The van der Waals surface area contributed by atoms with Gasteiger partial charge in [0.1, 0.15) is 0 Å². The van der Waals surface area contributed by atoms with E-state index < -0.39 is 5.97 Å². The summed E-state index contributed by atoms with van der Waals surface area (Å²) in [6.45, 7) is 7.15. The Morgan fingerprint density at radius 1 is 1.00 bits per heavy atom. The smallest absolute Gasteiger partial charge is 0.338 e. The molecule has 2 N–H and O–H groups in total. The molecule has 4 aromatic rings. The second-order valence-corrected chi connectivity index (χ2v) is 10.8. The minimum Gasteiger partial charge on any atom is -0.462 e. The number of nitrogens with one attached hydrogen (secondary N) is 2. The normalized spacial score (nSPS) is 17.5. The number of benzene rings is 3. The fourth-order valence-electron chi connectivity index (χ4n) is 5.65. The van der Waals surface area contributed by atoms with Gasteiger partial charge >= 0.3 is 5.97 Å². The number of H-pyrrole nitrogens is 1. The van der Waals surface area contributed by atoms with Crippen molar-refractivity contribution in [2.45, 2.75) is 25.8 Å². The van der Waals surface area contributed by atoms with E-state index in [-0.39, 0.29) is 11.9 Å². The van der Waals surface area contributed by atoms with Crippen molar-refractivity contribution in [1.29, 1.82) is 0 Å². The molecule has 0 saturated carbocycles. The van der Waals surface area contributed by atoms with Crippen LogP contribution in [0.4, 0.5) is 11.4 Å². The Labute approximate surface area is 240 Å². The maximum atomic E-state index is 13.9. The molecule has 8 nitrogen and oxygen atoms in total. The molecule has 1 fully saturated rings. The number of amides is 1. The van der Waals surface area contributed by atoms with Gasteiger partial charge in [-0.25, -0.2) is 4.79 Å². The number of para-hydroxylation sites is 2. The molecule has 1 aromatic heterocycles. The zero-order valence-electron chi connectivity index (χ0n) is 23.4. The number of aromatic nitrogens is 1. The average Bonchev–Trinajstić information content (AvgIpc) is 3.41. The molecule has 6 rings (SSSR count). The SMILES string of the molecule is C[C@H]1CCN(C(=O)c2ccc(-c3ccc4[nH]ccc4c3)c(C(=O)OCCCN3CCOCC3)c2)c2ccccc2N1. The van der Waals surface area contributed by atoms with E-state index >= 15 is 0 Å². The Morgan fingerprint density at radius 3 is 2.73 bits per heavy atom. The second-order valence-electron chi connectivity index (χ2n) is 10.8. The molecule has 2 aliphatic rings. The highest BCUT2D eigenvalue weighted by Crippen LogP contribution is 2.33. The van der Waals surface area contributed by atoms with E-state index in [1.54, 1.807) is 6.07 Å². The van der Waals surface area contributed by atoms with E-state index in [0.717, 1.165) is 79.1 Å². The number of hydrogen-bond acceptors (Lipinski definition) is 6. The van der Waals surface area contributed by atoms with Gasteiger partial charge in [-0.15, -0.1) is 0 Å². The second kappa shape index (κ2) is 12.2. The number of nitrogens with zero attached hydrogens (tertiary/aromatic N) is 2. The summed E-state index contributed by atoms with van der Waals surface area (Å²) in [4.78, 5) is 34.8. The zero-order chi connectivity index (χ0) is 28.2. The standard InChI is InChI=1S/C33H36N4O4/c1-23-12-15-37(31-6-3-2-5-30(31)35-23)32(38)26-7-9-27(24-8-10-29-25(21-24)11-13-34-29)28(22-26)33(39)41-18-4-14-36-16-19-40-20-17-36/h2-3,5-11,13,21-23,34-35H,4,12,14-20H2,1H3/t23-/m0/s1. The van der Waals surface area contributed by atoms with Crippen molar-refractivity contribution in [1.82, 2.24) is 9.88 Å². The average molecular weight is 553 g/mol. The lowest BCUT2D eigenvalue weighted by Crippen LogP contribution is -2.37. The number of ether oxygens (including phenoxy) is 2. The lowest BCUT2D eigenvalue weighted by molar-refractivity contribution is 0.0298. The van der Waals surface area contributed by atoms with Gasteiger partial charge in [0.2, 0.25) is 0 Å².